The van der Waals surface area contributed by atoms with E-state index in [0.29, 0.717) is 11.3 Å². The molecule has 0 saturated carbocycles. The predicted molar refractivity (Wildman–Crippen MR) is 67.1 cm³/mol. The van der Waals surface area contributed by atoms with Gasteiger partial charge >= 0.3 is 0 Å². The third-order valence-electron chi connectivity index (χ3n) is 2.84. The van der Waals surface area contributed by atoms with Crippen molar-refractivity contribution in [1.29, 1.82) is 0 Å². The molecule has 0 unspecified atom stereocenters. The molecule has 0 amide bonds. The van der Waals surface area contributed by atoms with Crippen LogP contribution in [0.3, 0.4) is 0 Å². The Balaban J connectivity index is 2.39. The summed E-state index contributed by atoms with van der Waals surface area (Å²) in [6, 6.07) is 12.8. The highest BCUT2D eigenvalue weighted by Gasteiger charge is 2.28. The summed E-state index contributed by atoms with van der Waals surface area (Å²) >= 11 is 0. The summed E-state index contributed by atoms with van der Waals surface area (Å²) in [5.74, 6) is -0.283. The molecule has 1 aliphatic rings. The van der Waals surface area contributed by atoms with Crippen LogP contribution in [0.2, 0.25) is 0 Å². The molecule has 0 atom stereocenters. The first-order valence-corrected chi connectivity index (χ1v) is 6.83. The highest BCUT2D eigenvalue weighted by molar-refractivity contribution is 7.92. The molecule has 0 spiro atoms. The topological polar surface area (TPSA) is 63.2 Å². The number of para-hydroxylation sites is 1. The van der Waals surface area contributed by atoms with Gasteiger partial charge in [-0.25, -0.2) is 8.42 Å². The molecule has 1 aliphatic heterocycles. The van der Waals surface area contributed by atoms with E-state index in [0.717, 1.165) is 0 Å². The van der Waals surface area contributed by atoms with Crippen LogP contribution in [0.5, 0.6) is 0 Å². The Hall–Kier alpha value is -2.14. The van der Waals surface area contributed by atoms with E-state index >= 15 is 0 Å². The number of carbonyl (C=O) groups excluding carboxylic acids is 1. The van der Waals surface area contributed by atoms with Crippen LogP contribution in [0.1, 0.15) is 15.9 Å². The fourth-order valence-electron chi connectivity index (χ4n) is 2.00. The molecule has 0 saturated heterocycles. The van der Waals surface area contributed by atoms with Gasteiger partial charge in [0.25, 0.3) is 10.0 Å². The molecule has 1 N–H and O–H groups in total. The summed E-state index contributed by atoms with van der Waals surface area (Å²) in [6.07, 6.45) is 0. The van der Waals surface area contributed by atoms with Crippen molar-refractivity contribution in [2.45, 2.75) is 4.90 Å². The summed E-state index contributed by atoms with van der Waals surface area (Å²) in [4.78, 5) is 12.3. The van der Waals surface area contributed by atoms with Crippen molar-refractivity contribution in [3.63, 3.8) is 0 Å². The molecule has 2 aromatic carbocycles. The third-order valence-corrected chi connectivity index (χ3v) is 4.26. The van der Waals surface area contributed by atoms with E-state index in [-0.39, 0.29) is 16.2 Å². The Morgan fingerprint density at radius 3 is 2.22 bits per heavy atom. The zero-order chi connectivity index (χ0) is 12.8. The van der Waals surface area contributed by atoms with Crippen LogP contribution >= 0.6 is 0 Å². The molecular formula is C13H9NO3S. The molecule has 4 nitrogen and oxygen atoms in total. The molecule has 0 radical (unpaired) electrons. The number of carbonyl (C=O) groups is 1. The van der Waals surface area contributed by atoms with Crippen LogP contribution in [-0.4, -0.2) is 14.2 Å². The SMILES string of the molecule is O=C1c2ccccc2NS(=O)(=O)c2ccccc21. The van der Waals surface area contributed by atoms with E-state index in [1.165, 1.54) is 12.1 Å². The number of fused-ring (bicyclic) bond motifs is 2. The van der Waals surface area contributed by atoms with Crippen LogP contribution in [0.15, 0.2) is 53.4 Å². The number of nitrogens with one attached hydrogen (secondary N) is 1. The Morgan fingerprint density at radius 1 is 0.833 bits per heavy atom. The van der Waals surface area contributed by atoms with E-state index in [9.17, 15) is 13.2 Å². The van der Waals surface area contributed by atoms with Gasteiger partial charge in [-0.2, -0.15) is 0 Å². The first-order valence-electron chi connectivity index (χ1n) is 5.35. The van der Waals surface area contributed by atoms with Crippen LogP contribution in [0, 0.1) is 0 Å². The van der Waals surface area contributed by atoms with E-state index in [1.807, 2.05) is 0 Å². The first kappa shape index (κ1) is 11.0. The van der Waals surface area contributed by atoms with Crippen LogP contribution < -0.4 is 4.72 Å². The molecule has 2 aromatic rings. The largest absolute Gasteiger partial charge is 0.288 e. The van der Waals surface area contributed by atoms with Crippen molar-refractivity contribution in [3.05, 3.63) is 59.7 Å². The lowest BCUT2D eigenvalue weighted by Crippen LogP contribution is -2.12. The van der Waals surface area contributed by atoms with Crippen LogP contribution in [0.25, 0.3) is 0 Å². The fraction of sp³-hybridized carbons (Fsp3) is 0. The second-order valence-electron chi connectivity index (χ2n) is 3.98. The minimum absolute atomic E-state index is 0.0196. The summed E-state index contributed by atoms with van der Waals surface area (Å²) < 4.78 is 26.7. The minimum atomic E-state index is -3.70. The smallest absolute Gasteiger partial charge is 0.262 e. The van der Waals surface area contributed by atoms with Crippen molar-refractivity contribution in [2.24, 2.45) is 0 Å². The summed E-state index contributed by atoms with van der Waals surface area (Å²) in [6.45, 7) is 0. The lowest BCUT2D eigenvalue weighted by molar-refractivity contribution is 0.103. The van der Waals surface area contributed by atoms with Gasteiger partial charge in [-0.3, -0.25) is 9.52 Å². The van der Waals surface area contributed by atoms with Crippen molar-refractivity contribution in [3.8, 4) is 0 Å². The van der Waals surface area contributed by atoms with E-state index in [1.54, 1.807) is 36.4 Å². The van der Waals surface area contributed by atoms with Gasteiger partial charge in [-0.05, 0) is 24.3 Å². The van der Waals surface area contributed by atoms with Crippen LogP contribution in [0.4, 0.5) is 5.69 Å². The van der Waals surface area contributed by atoms with Gasteiger partial charge in [0.2, 0.25) is 0 Å². The summed E-state index contributed by atoms with van der Waals surface area (Å²) in [5, 5.41) is 0. The Morgan fingerprint density at radius 2 is 1.44 bits per heavy atom. The molecule has 18 heavy (non-hydrogen) atoms. The number of sulfonamides is 1. The molecule has 0 fully saturated rings. The fourth-order valence-corrected chi connectivity index (χ4v) is 3.29. The van der Waals surface area contributed by atoms with Crippen molar-refractivity contribution in [2.75, 3.05) is 4.72 Å². The quantitative estimate of drug-likeness (QED) is 0.787. The predicted octanol–water partition coefficient (Wildman–Crippen LogP) is 2.03. The number of hydrogen-bond donors (Lipinski definition) is 1. The Labute approximate surface area is 104 Å². The molecule has 1 heterocycles. The standard InChI is InChI=1S/C13H9NO3S/c15-13-9-5-1-3-7-11(9)14-18(16,17)12-8-4-2-6-10(12)13/h1-8,14H. The molecule has 0 bridgehead atoms. The summed E-state index contributed by atoms with van der Waals surface area (Å²) in [5.41, 5.74) is 0.889. The Kier molecular flexibility index (Phi) is 2.24. The van der Waals surface area contributed by atoms with E-state index < -0.39 is 10.0 Å². The normalized spacial score (nSPS) is 16.1. The minimum Gasteiger partial charge on any atom is -0.288 e. The number of benzene rings is 2. The van der Waals surface area contributed by atoms with Crippen molar-refractivity contribution in [1.82, 2.24) is 0 Å². The second-order valence-corrected chi connectivity index (χ2v) is 5.63. The van der Waals surface area contributed by atoms with Gasteiger partial charge in [0.15, 0.2) is 5.78 Å². The first-order chi connectivity index (χ1) is 8.59. The number of ketones is 1. The van der Waals surface area contributed by atoms with Gasteiger partial charge < -0.3 is 0 Å². The third kappa shape index (κ3) is 1.52. The maximum Gasteiger partial charge on any atom is 0.262 e. The van der Waals surface area contributed by atoms with Gasteiger partial charge in [0, 0.05) is 11.1 Å². The molecule has 0 aromatic heterocycles. The number of anilines is 1. The van der Waals surface area contributed by atoms with Gasteiger partial charge in [0.05, 0.1) is 10.6 Å². The summed E-state index contributed by atoms with van der Waals surface area (Å²) in [7, 11) is -3.70. The monoisotopic (exact) mass is 259 g/mol. The van der Waals surface area contributed by atoms with Gasteiger partial charge in [-0.15, -0.1) is 0 Å². The van der Waals surface area contributed by atoms with E-state index in [2.05, 4.69) is 4.72 Å². The highest BCUT2D eigenvalue weighted by atomic mass is 32.2. The second kappa shape index (κ2) is 3.68. The zero-order valence-corrected chi connectivity index (χ0v) is 10.1. The van der Waals surface area contributed by atoms with E-state index in [4.69, 9.17) is 0 Å². The number of hydrogen-bond acceptors (Lipinski definition) is 3. The van der Waals surface area contributed by atoms with Crippen molar-refractivity contribution < 1.29 is 13.2 Å². The van der Waals surface area contributed by atoms with Gasteiger partial charge in [-0.1, -0.05) is 24.3 Å². The van der Waals surface area contributed by atoms with Crippen LogP contribution in [-0.2, 0) is 10.0 Å². The Bertz CT molecular complexity index is 750. The molecule has 3 rings (SSSR count). The van der Waals surface area contributed by atoms with Gasteiger partial charge in [0.1, 0.15) is 0 Å². The zero-order valence-electron chi connectivity index (χ0n) is 9.25. The maximum atomic E-state index is 12.3. The average molecular weight is 259 g/mol. The molecule has 5 heteroatoms. The maximum absolute atomic E-state index is 12.3. The highest BCUT2D eigenvalue weighted by Crippen LogP contribution is 2.29. The molecule has 90 valence electrons. The molecule has 0 aliphatic carbocycles. The number of rotatable bonds is 0. The molecular weight excluding hydrogens is 250 g/mol. The van der Waals surface area contributed by atoms with Crippen molar-refractivity contribution >= 4 is 21.5 Å². The lowest BCUT2D eigenvalue weighted by atomic mass is 10.0. The average Bonchev–Trinajstić information content (AvgIpc) is 2.45. The lowest BCUT2D eigenvalue weighted by Gasteiger charge is -2.06.